The maximum Gasteiger partial charge on any atom is 0.337 e. The summed E-state index contributed by atoms with van der Waals surface area (Å²) in [6, 6.07) is 9.07. The molecule has 2 rings (SSSR count). The van der Waals surface area contributed by atoms with Gasteiger partial charge in [-0.15, -0.1) is 0 Å². The Morgan fingerprint density at radius 2 is 1.67 bits per heavy atom. The molecular formula is C19H23NO6S. The molecule has 8 heteroatoms. The van der Waals surface area contributed by atoms with E-state index in [0.29, 0.717) is 36.0 Å². The number of hydrogen-bond acceptors (Lipinski definition) is 6. The quantitative estimate of drug-likeness (QED) is 0.692. The van der Waals surface area contributed by atoms with Crippen LogP contribution in [0.3, 0.4) is 0 Å². The Morgan fingerprint density at radius 1 is 1.00 bits per heavy atom. The van der Waals surface area contributed by atoms with Gasteiger partial charge in [0.1, 0.15) is 0 Å². The van der Waals surface area contributed by atoms with E-state index in [1.54, 1.807) is 32.0 Å². The molecule has 0 saturated heterocycles. The van der Waals surface area contributed by atoms with Gasteiger partial charge in [-0.1, -0.05) is 6.07 Å². The summed E-state index contributed by atoms with van der Waals surface area (Å²) in [5, 5.41) is 0. The van der Waals surface area contributed by atoms with E-state index >= 15 is 0 Å². The zero-order chi connectivity index (χ0) is 20.0. The lowest BCUT2D eigenvalue weighted by molar-refractivity contribution is 0.0600. The predicted molar refractivity (Wildman–Crippen MR) is 102 cm³/mol. The minimum absolute atomic E-state index is 0.0253. The number of nitrogens with one attached hydrogen (secondary N) is 1. The molecule has 0 aliphatic rings. The Hall–Kier alpha value is -2.74. The molecule has 0 saturated carbocycles. The number of anilines is 1. The summed E-state index contributed by atoms with van der Waals surface area (Å²) in [6.45, 7) is 6.18. The summed E-state index contributed by atoms with van der Waals surface area (Å²) in [5.41, 5.74) is 1.22. The van der Waals surface area contributed by atoms with Crippen LogP contribution in [0.25, 0.3) is 0 Å². The van der Waals surface area contributed by atoms with Crippen molar-refractivity contribution in [1.82, 2.24) is 0 Å². The third kappa shape index (κ3) is 4.91. The van der Waals surface area contributed by atoms with E-state index in [0.717, 1.165) is 0 Å². The summed E-state index contributed by atoms with van der Waals surface area (Å²) in [6.07, 6.45) is 0. The van der Waals surface area contributed by atoms with Crippen LogP contribution < -0.4 is 14.2 Å². The number of benzene rings is 2. The highest BCUT2D eigenvalue weighted by Gasteiger charge is 2.19. The van der Waals surface area contributed by atoms with Gasteiger partial charge in [0.2, 0.25) is 0 Å². The molecule has 0 heterocycles. The molecule has 0 aromatic heterocycles. The lowest BCUT2D eigenvalue weighted by Crippen LogP contribution is -2.15. The SMILES string of the molecule is CCOc1ccc(S(=O)(=O)Nc2cc(C(=O)OC)ccc2C)cc1OCC. The van der Waals surface area contributed by atoms with Crippen LogP contribution in [-0.4, -0.2) is 34.7 Å². The highest BCUT2D eigenvalue weighted by Crippen LogP contribution is 2.31. The Balaban J connectivity index is 2.39. The van der Waals surface area contributed by atoms with Crippen LogP contribution in [0.15, 0.2) is 41.3 Å². The highest BCUT2D eigenvalue weighted by molar-refractivity contribution is 7.92. The number of aryl methyl sites for hydroxylation is 1. The molecule has 0 aliphatic carbocycles. The van der Waals surface area contributed by atoms with Gasteiger partial charge in [-0.3, -0.25) is 4.72 Å². The second kappa shape index (κ2) is 8.77. The van der Waals surface area contributed by atoms with Gasteiger partial charge in [0, 0.05) is 6.07 Å². The van der Waals surface area contributed by atoms with Gasteiger partial charge in [-0.2, -0.15) is 0 Å². The average molecular weight is 393 g/mol. The molecule has 27 heavy (non-hydrogen) atoms. The van der Waals surface area contributed by atoms with Crippen molar-refractivity contribution in [3.05, 3.63) is 47.5 Å². The van der Waals surface area contributed by atoms with Gasteiger partial charge in [-0.25, -0.2) is 13.2 Å². The van der Waals surface area contributed by atoms with Crippen LogP contribution in [0.1, 0.15) is 29.8 Å². The Labute approximate surface area is 159 Å². The van der Waals surface area contributed by atoms with E-state index in [1.807, 2.05) is 6.92 Å². The van der Waals surface area contributed by atoms with Crippen molar-refractivity contribution < 1.29 is 27.4 Å². The van der Waals surface area contributed by atoms with Crippen molar-refractivity contribution in [2.45, 2.75) is 25.7 Å². The van der Waals surface area contributed by atoms with E-state index < -0.39 is 16.0 Å². The molecule has 0 aliphatic heterocycles. The monoisotopic (exact) mass is 393 g/mol. The summed E-state index contributed by atoms with van der Waals surface area (Å²) in [7, 11) is -2.63. The van der Waals surface area contributed by atoms with Crippen LogP contribution in [0.5, 0.6) is 11.5 Å². The average Bonchev–Trinajstić information content (AvgIpc) is 2.64. The molecule has 0 fully saturated rings. The first kappa shape index (κ1) is 20.6. The third-order valence-corrected chi connectivity index (χ3v) is 5.09. The molecule has 0 bridgehead atoms. The first-order valence-corrected chi connectivity index (χ1v) is 9.92. The molecular weight excluding hydrogens is 370 g/mol. The minimum Gasteiger partial charge on any atom is -0.490 e. The van der Waals surface area contributed by atoms with Crippen LogP contribution in [0.4, 0.5) is 5.69 Å². The molecule has 0 atom stereocenters. The van der Waals surface area contributed by atoms with Crippen LogP contribution in [-0.2, 0) is 14.8 Å². The first-order valence-electron chi connectivity index (χ1n) is 8.43. The number of hydrogen-bond donors (Lipinski definition) is 1. The van der Waals surface area contributed by atoms with E-state index in [4.69, 9.17) is 9.47 Å². The van der Waals surface area contributed by atoms with Crippen molar-refractivity contribution >= 4 is 21.7 Å². The maximum atomic E-state index is 12.8. The molecule has 1 N–H and O–H groups in total. The fourth-order valence-electron chi connectivity index (χ4n) is 2.38. The number of ether oxygens (including phenoxy) is 3. The molecule has 7 nitrogen and oxygen atoms in total. The summed E-state index contributed by atoms with van der Waals surface area (Å²) in [4.78, 5) is 11.7. The van der Waals surface area contributed by atoms with Gasteiger partial charge >= 0.3 is 5.97 Å². The number of sulfonamides is 1. The molecule has 0 radical (unpaired) electrons. The second-order valence-electron chi connectivity index (χ2n) is 5.60. The molecule has 2 aromatic rings. The molecule has 0 spiro atoms. The third-order valence-electron chi connectivity index (χ3n) is 3.73. The van der Waals surface area contributed by atoms with Crippen molar-refractivity contribution in [3.63, 3.8) is 0 Å². The predicted octanol–water partition coefficient (Wildman–Crippen LogP) is 3.38. The maximum absolute atomic E-state index is 12.8. The van der Waals surface area contributed by atoms with Crippen LogP contribution >= 0.6 is 0 Å². The smallest absolute Gasteiger partial charge is 0.337 e. The van der Waals surface area contributed by atoms with Crippen molar-refractivity contribution in [2.24, 2.45) is 0 Å². The largest absolute Gasteiger partial charge is 0.490 e. The number of carbonyl (C=O) groups excluding carboxylic acids is 1. The number of carbonyl (C=O) groups is 1. The van der Waals surface area contributed by atoms with Gasteiger partial charge in [0.05, 0.1) is 36.5 Å². The Morgan fingerprint density at radius 3 is 2.30 bits per heavy atom. The molecule has 0 amide bonds. The topological polar surface area (TPSA) is 90.9 Å². The summed E-state index contributed by atoms with van der Waals surface area (Å²) >= 11 is 0. The minimum atomic E-state index is -3.90. The van der Waals surface area contributed by atoms with Gasteiger partial charge in [-0.05, 0) is 50.6 Å². The second-order valence-corrected chi connectivity index (χ2v) is 7.28. The zero-order valence-corrected chi connectivity index (χ0v) is 16.6. The molecule has 146 valence electrons. The van der Waals surface area contributed by atoms with E-state index in [2.05, 4.69) is 9.46 Å². The van der Waals surface area contributed by atoms with Crippen molar-refractivity contribution in [3.8, 4) is 11.5 Å². The number of esters is 1. The fourth-order valence-corrected chi connectivity index (χ4v) is 3.52. The molecule has 0 unspecified atom stereocenters. The lowest BCUT2D eigenvalue weighted by atomic mass is 10.1. The van der Waals surface area contributed by atoms with E-state index in [-0.39, 0.29) is 10.5 Å². The van der Waals surface area contributed by atoms with Gasteiger partial charge in [0.25, 0.3) is 10.0 Å². The highest BCUT2D eigenvalue weighted by atomic mass is 32.2. The lowest BCUT2D eigenvalue weighted by Gasteiger charge is -2.15. The van der Waals surface area contributed by atoms with Crippen LogP contribution in [0, 0.1) is 6.92 Å². The standard InChI is InChI=1S/C19H23NO6S/c1-5-25-17-10-9-15(12-18(17)26-6-2)27(22,23)20-16-11-14(19(21)24-4)8-7-13(16)3/h7-12,20H,5-6H2,1-4H3. The van der Waals surface area contributed by atoms with Gasteiger partial charge < -0.3 is 14.2 Å². The van der Waals surface area contributed by atoms with Crippen LogP contribution in [0.2, 0.25) is 0 Å². The van der Waals surface area contributed by atoms with E-state index in [1.165, 1.54) is 25.3 Å². The van der Waals surface area contributed by atoms with E-state index in [9.17, 15) is 13.2 Å². The van der Waals surface area contributed by atoms with Gasteiger partial charge in [0.15, 0.2) is 11.5 Å². The fraction of sp³-hybridized carbons (Fsp3) is 0.316. The zero-order valence-electron chi connectivity index (χ0n) is 15.7. The Bertz CT molecular complexity index is 924. The first-order chi connectivity index (χ1) is 12.8. The molecule has 2 aromatic carbocycles. The normalized spacial score (nSPS) is 11.0. The summed E-state index contributed by atoms with van der Waals surface area (Å²) in [5.74, 6) is 0.277. The Kier molecular flexibility index (Phi) is 6.68. The number of methoxy groups -OCH3 is 1. The number of rotatable bonds is 8. The van der Waals surface area contributed by atoms with Crippen molar-refractivity contribution in [1.29, 1.82) is 0 Å². The summed E-state index contributed by atoms with van der Waals surface area (Å²) < 4.78 is 43.7. The van der Waals surface area contributed by atoms with Crippen molar-refractivity contribution in [2.75, 3.05) is 25.0 Å².